The van der Waals surface area contributed by atoms with E-state index >= 15 is 0 Å². The molecule has 1 aromatic carbocycles. The molecule has 3 nitrogen and oxygen atoms in total. The highest BCUT2D eigenvalue weighted by molar-refractivity contribution is 5.52. The van der Waals surface area contributed by atoms with E-state index < -0.39 is 17.2 Å². The zero-order chi connectivity index (χ0) is 13.2. The summed E-state index contributed by atoms with van der Waals surface area (Å²) in [6.45, 7) is 0.889. The van der Waals surface area contributed by atoms with E-state index in [1.807, 2.05) is 0 Å². The number of hydrogen-bond donors (Lipinski definition) is 2. The number of halogens is 3. The van der Waals surface area contributed by atoms with E-state index in [2.05, 4.69) is 5.32 Å². The minimum atomic E-state index is -4.38. The van der Waals surface area contributed by atoms with Gasteiger partial charge in [0.05, 0.1) is 30.8 Å². The van der Waals surface area contributed by atoms with Crippen molar-refractivity contribution in [2.24, 2.45) is 5.41 Å². The maximum Gasteiger partial charge on any atom is 0.418 e. The lowest BCUT2D eigenvalue weighted by Gasteiger charge is -2.40. The first-order valence-electron chi connectivity index (χ1n) is 5.56. The molecular weight excluding hydrogens is 247 g/mol. The summed E-state index contributed by atoms with van der Waals surface area (Å²) < 4.78 is 43.2. The van der Waals surface area contributed by atoms with Crippen molar-refractivity contribution < 1.29 is 23.0 Å². The van der Waals surface area contributed by atoms with E-state index in [4.69, 9.17) is 4.74 Å². The summed E-state index contributed by atoms with van der Waals surface area (Å²) in [6, 6.07) is 5.31. The van der Waals surface area contributed by atoms with Gasteiger partial charge >= 0.3 is 6.18 Å². The number of aliphatic hydroxyl groups is 1. The van der Waals surface area contributed by atoms with Gasteiger partial charge in [0.2, 0.25) is 0 Å². The molecule has 0 unspecified atom stereocenters. The average Bonchev–Trinajstić information content (AvgIpc) is 2.27. The van der Waals surface area contributed by atoms with Crippen LogP contribution in [0.1, 0.15) is 5.56 Å². The summed E-state index contributed by atoms with van der Waals surface area (Å²) in [4.78, 5) is 0. The van der Waals surface area contributed by atoms with Crippen LogP contribution in [0.2, 0.25) is 0 Å². The predicted octanol–water partition coefficient (Wildman–Crippen LogP) is 2.13. The maximum absolute atomic E-state index is 12.7. The molecule has 6 heteroatoms. The molecule has 0 aromatic heterocycles. The lowest BCUT2D eigenvalue weighted by molar-refractivity contribution is -0.137. The number of ether oxygens (including phenoxy) is 1. The lowest BCUT2D eigenvalue weighted by Crippen LogP contribution is -2.50. The summed E-state index contributed by atoms with van der Waals surface area (Å²) in [7, 11) is 0. The molecule has 1 aliphatic heterocycles. The van der Waals surface area contributed by atoms with Crippen molar-refractivity contribution in [2.75, 3.05) is 31.7 Å². The van der Waals surface area contributed by atoms with Crippen LogP contribution in [0, 0.1) is 5.41 Å². The predicted molar refractivity (Wildman–Crippen MR) is 60.3 cm³/mol. The summed E-state index contributed by atoms with van der Waals surface area (Å²) in [5.41, 5.74) is -1.12. The molecule has 0 amide bonds. The van der Waals surface area contributed by atoms with E-state index in [-0.39, 0.29) is 18.8 Å². The first-order valence-corrected chi connectivity index (χ1v) is 5.56. The molecule has 1 heterocycles. The van der Waals surface area contributed by atoms with Gasteiger partial charge < -0.3 is 15.2 Å². The molecule has 2 rings (SSSR count). The summed E-state index contributed by atoms with van der Waals surface area (Å²) in [5.74, 6) is 0. The first-order chi connectivity index (χ1) is 8.47. The number of alkyl halides is 3. The van der Waals surface area contributed by atoms with Gasteiger partial charge in [-0.3, -0.25) is 0 Å². The topological polar surface area (TPSA) is 41.5 Å². The Morgan fingerprint density at radius 1 is 1.28 bits per heavy atom. The number of hydrogen-bond acceptors (Lipinski definition) is 3. The molecule has 0 radical (unpaired) electrons. The Morgan fingerprint density at radius 3 is 2.44 bits per heavy atom. The molecule has 0 atom stereocenters. The third kappa shape index (κ3) is 2.59. The van der Waals surface area contributed by atoms with Crippen LogP contribution in [0.4, 0.5) is 18.9 Å². The second kappa shape index (κ2) is 4.78. The molecule has 1 aliphatic rings. The fraction of sp³-hybridized carbons (Fsp3) is 0.500. The summed E-state index contributed by atoms with van der Waals surface area (Å²) in [5, 5.41) is 12.0. The number of anilines is 1. The van der Waals surface area contributed by atoms with Crippen LogP contribution in [-0.2, 0) is 10.9 Å². The standard InChI is InChI=1S/C12H14F3NO2/c13-12(14,15)9-3-1-2-4-10(9)16-5-11(6-17)7-18-8-11/h1-4,16-17H,5-8H2. The monoisotopic (exact) mass is 261 g/mol. The first kappa shape index (κ1) is 13.2. The van der Waals surface area contributed by atoms with Gasteiger partial charge in [0.15, 0.2) is 0 Å². The summed E-state index contributed by atoms with van der Waals surface area (Å²) >= 11 is 0. The highest BCUT2D eigenvalue weighted by Gasteiger charge is 2.39. The number of rotatable bonds is 4. The molecule has 100 valence electrons. The zero-order valence-electron chi connectivity index (χ0n) is 9.63. The minimum Gasteiger partial charge on any atom is -0.396 e. The van der Waals surface area contributed by atoms with Crippen LogP contribution >= 0.6 is 0 Å². The SMILES string of the molecule is OCC1(CNc2ccccc2C(F)(F)F)COC1. The van der Waals surface area contributed by atoms with Gasteiger partial charge in [-0.25, -0.2) is 0 Å². The third-order valence-corrected chi connectivity index (χ3v) is 3.04. The Kier molecular flexibility index (Phi) is 3.49. The van der Waals surface area contributed by atoms with Crippen molar-refractivity contribution in [3.8, 4) is 0 Å². The fourth-order valence-corrected chi connectivity index (χ4v) is 1.81. The largest absolute Gasteiger partial charge is 0.418 e. The van der Waals surface area contributed by atoms with Crippen LogP contribution in [0.25, 0.3) is 0 Å². The van der Waals surface area contributed by atoms with Crippen LogP contribution in [0.3, 0.4) is 0 Å². The average molecular weight is 261 g/mol. The van der Waals surface area contributed by atoms with Gasteiger partial charge in [-0.2, -0.15) is 13.2 Å². The van der Waals surface area contributed by atoms with Crippen molar-refractivity contribution in [3.05, 3.63) is 29.8 Å². The van der Waals surface area contributed by atoms with Crippen molar-refractivity contribution >= 4 is 5.69 Å². The Balaban J connectivity index is 2.10. The normalized spacial score (nSPS) is 18.2. The molecular formula is C12H14F3NO2. The molecule has 0 spiro atoms. The molecule has 0 bridgehead atoms. The highest BCUT2D eigenvalue weighted by atomic mass is 19.4. The van der Waals surface area contributed by atoms with Crippen LogP contribution < -0.4 is 5.32 Å². The van der Waals surface area contributed by atoms with Gasteiger partial charge in [0.1, 0.15) is 0 Å². The molecule has 2 N–H and O–H groups in total. The van der Waals surface area contributed by atoms with Crippen molar-refractivity contribution in [3.63, 3.8) is 0 Å². The van der Waals surface area contributed by atoms with Crippen molar-refractivity contribution in [1.29, 1.82) is 0 Å². The Hall–Kier alpha value is -1.27. The molecule has 0 saturated carbocycles. The Labute approximate surface area is 103 Å². The van der Waals surface area contributed by atoms with Crippen molar-refractivity contribution in [1.82, 2.24) is 0 Å². The van der Waals surface area contributed by atoms with Gasteiger partial charge in [-0.15, -0.1) is 0 Å². The summed E-state index contributed by atoms with van der Waals surface area (Å²) in [6.07, 6.45) is -4.38. The molecule has 18 heavy (non-hydrogen) atoms. The van der Waals surface area contributed by atoms with Gasteiger partial charge in [0, 0.05) is 12.2 Å². The third-order valence-electron chi connectivity index (χ3n) is 3.04. The van der Waals surface area contributed by atoms with Gasteiger partial charge in [0.25, 0.3) is 0 Å². The Bertz CT molecular complexity index is 411. The second-order valence-electron chi connectivity index (χ2n) is 4.55. The van der Waals surface area contributed by atoms with Crippen LogP contribution in [-0.4, -0.2) is 31.5 Å². The minimum absolute atomic E-state index is 0.0322. The lowest BCUT2D eigenvalue weighted by atomic mass is 9.87. The number of benzene rings is 1. The van der Waals surface area contributed by atoms with Gasteiger partial charge in [-0.05, 0) is 12.1 Å². The number of para-hydroxylation sites is 1. The quantitative estimate of drug-likeness (QED) is 0.872. The number of nitrogens with one attached hydrogen (secondary N) is 1. The maximum atomic E-state index is 12.7. The van der Waals surface area contributed by atoms with E-state index in [0.717, 1.165) is 6.07 Å². The molecule has 0 aliphatic carbocycles. The molecule has 1 saturated heterocycles. The van der Waals surface area contributed by atoms with E-state index in [1.165, 1.54) is 12.1 Å². The molecule has 1 aromatic rings. The highest BCUT2D eigenvalue weighted by Crippen LogP contribution is 2.35. The van der Waals surface area contributed by atoms with Crippen LogP contribution in [0.5, 0.6) is 0 Å². The van der Waals surface area contributed by atoms with E-state index in [9.17, 15) is 18.3 Å². The molecule has 1 fully saturated rings. The smallest absolute Gasteiger partial charge is 0.396 e. The Morgan fingerprint density at radius 2 is 1.94 bits per heavy atom. The fourth-order valence-electron chi connectivity index (χ4n) is 1.81. The van der Waals surface area contributed by atoms with Crippen LogP contribution in [0.15, 0.2) is 24.3 Å². The van der Waals surface area contributed by atoms with E-state index in [1.54, 1.807) is 6.07 Å². The number of aliphatic hydroxyl groups excluding tert-OH is 1. The van der Waals surface area contributed by atoms with Crippen molar-refractivity contribution in [2.45, 2.75) is 6.18 Å². The van der Waals surface area contributed by atoms with E-state index in [0.29, 0.717) is 13.2 Å². The van der Waals surface area contributed by atoms with Gasteiger partial charge in [-0.1, -0.05) is 12.1 Å². The second-order valence-corrected chi connectivity index (χ2v) is 4.55. The zero-order valence-corrected chi connectivity index (χ0v) is 9.63.